The Bertz CT molecular complexity index is 180. The lowest BCUT2D eigenvalue weighted by molar-refractivity contribution is -0.151. The van der Waals surface area contributed by atoms with E-state index < -0.39 is 5.54 Å². The maximum Gasteiger partial charge on any atom is 0.326 e. The van der Waals surface area contributed by atoms with Gasteiger partial charge in [-0.2, -0.15) is 0 Å². The highest BCUT2D eigenvalue weighted by atomic mass is 16.5. The first-order valence-electron chi connectivity index (χ1n) is 5.41. The molecule has 0 spiro atoms. The molecule has 0 amide bonds. The van der Waals surface area contributed by atoms with E-state index in [2.05, 4.69) is 12.2 Å². The summed E-state index contributed by atoms with van der Waals surface area (Å²) in [5.74, 6) is -0.143. The second kappa shape index (κ2) is 6.02. The number of hydrogen-bond acceptors (Lipinski definition) is 3. The minimum absolute atomic E-state index is 0.143. The van der Waals surface area contributed by atoms with Gasteiger partial charge in [-0.25, -0.2) is 0 Å². The minimum Gasteiger partial charge on any atom is -0.465 e. The van der Waals surface area contributed by atoms with Gasteiger partial charge >= 0.3 is 5.97 Å². The second-order valence-electron chi connectivity index (χ2n) is 4.10. The fraction of sp³-hybridized carbons (Fsp3) is 0.909. The molecule has 3 nitrogen and oxygen atoms in total. The lowest BCUT2D eigenvalue weighted by atomic mass is 9.95. The summed E-state index contributed by atoms with van der Waals surface area (Å²) in [6.07, 6.45) is 1.78. The molecular formula is C11H23NO2. The molecule has 0 rings (SSSR count). The van der Waals surface area contributed by atoms with Crippen molar-refractivity contribution >= 4 is 5.97 Å². The fourth-order valence-corrected chi connectivity index (χ4v) is 1.66. The van der Waals surface area contributed by atoms with Gasteiger partial charge in [0, 0.05) is 6.04 Å². The minimum atomic E-state index is -0.529. The van der Waals surface area contributed by atoms with Crippen molar-refractivity contribution in [2.75, 3.05) is 6.61 Å². The molecule has 0 aliphatic heterocycles. The van der Waals surface area contributed by atoms with Crippen LogP contribution in [-0.4, -0.2) is 24.2 Å². The van der Waals surface area contributed by atoms with Gasteiger partial charge in [-0.15, -0.1) is 0 Å². The van der Waals surface area contributed by atoms with E-state index in [-0.39, 0.29) is 12.0 Å². The first kappa shape index (κ1) is 13.4. The Kier molecular flexibility index (Phi) is 5.77. The van der Waals surface area contributed by atoms with Crippen LogP contribution in [-0.2, 0) is 9.53 Å². The molecule has 0 heterocycles. The summed E-state index contributed by atoms with van der Waals surface area (Å²) in [6, 6.07) is 0.288. The van der Waals surface area contributed by atoms with Crippen molar-refractivity contribution in [3.63, 3.8) is 0 Å². The molecule has 1 atom stereocenters. The molecule has 0 saturated carbocycles. The summed E-state index contributed by atoms with van der Waals surface area (Å²) in [4.78, 5) is 11.7. The molecule has 0 saturated heterocycles. The van der Waals surface area contributed by atoms with Gasteiger partial charge in [-0.05, 0) is 34.1 Å². The predicted molar refractivity (Wildman–Crippen MR) is 58.2 cm³/mol. The molecule has 0 fully saturated rings. The van der Waals surface area contributed by atoms with E-state index in [0.29, 0.717) is 6.61 Å². The summed E-state index contributed by atoms with van der Waals surface area (Å²) in [5, 5.41) is 3.27. The normalized spacial score (nSPS) is 15.3. The van der Waals surface area contributed by atoms with E-state index in [1.807, 2.05) is 27.7 Å². The van der Waals surface area contributed by atoms with E-state index in [1.54, 1.807) is 0 Å². The highest BCUT2D eigenvalue weighted by Crippen LogP contribution is 2.15. The third-order valence-electron chi connectivity index (χ3n) is 2.08. The summed E-state index contributed by atoms with van der Waals surface area (Å²) >= 11 is 0. The first-order valence-corrected chi connectivity index (χ1v) is 5.41. The highest BCUT2D eigenvalue weighted by molar-refractivity contribution is 5.80. The molecule has 0 bridgehead atoms. The van der Waals surface area contributed by atoms with Gasteiger partial charge in [-0.3, -0.25) is 10.1 Å². The van der Waals surface area contributed by atoms with E-state index >= 15 is 0 Å². The summed E-state index contributed by atoms with van der Waals surface area (Å²) in [5.41, 5.74) is -0.529. The van der Waals surface area contributed by atoms with Crippen LogP contribution in [0.1, 0.15) is 47.5 Å². The zero-order valence-corrected chi connectivity index (χ0v) is 10.0. The van der Waals surface area contributed by atoms with Gasteiger partial charge < -0.3 is 4.74 Å². The molecule has 3 heteroatoms. The van der Waals surface area contributed by atoms with Crippen LogP contribution in [0.25, 0.3) is 0 Å². The van der Waals surface area contributed by atoms with E-state index in [1.165, 1.54) is 0 Å². The molecule has 0 aromatic carbocycles. The number of esters is 1. The molecule has 0 aromatic rings. The number of carbonyl (C=O) groups excluding carboxylic acids is 1. The average Bonchev–Trinajstić information content (AvgIpc) is 2.03. The maximum absolute atomic E-state index is 11.7. The maximum atomic E-state index is 11.7. The van der Waals surface area contributed by atoms with Crippen molar-refractivity contribution in [3.05, 3.63) is 0 Å². The molecule has 1 unspecified atom stereocenters. The van der Waals surface area contributed by atoms with Crippen LogP contribution in [0.4, 0.5) is 0 Å². The third-order valence-corrected chi connectivity index (χ3v) is 2.08. The topological polar surface area (TPSA) is 38.3 Å². The summed E-state index contributed by atoms with van der Waals surface area (Å²) < 4.78 is 5.06. The molecule has 0 aromatic heterocycles. The zero-order valence-electron chi connectivity index (χ0n) is 10.0. The van der Waals surface area contributed by atoms with Crippen molar-refractivity contribution in [1.82, 2.24) is 5.32 Å². The van der Waals surface area contributed by atoms with E-state index in [0.717, 1.165) is 12.8 Å². The molecule has 0 aliphatic rings. The molecule has 14 heavy (non-hydrogen) atoms. The van der Waals surface area contributed by atoms with Crippen LogP contribution in [0, 0.1) is 0 Å². The monoisotopic (exact) mass is 201 g/mol. The van der Waals surface area contributed by atoms with Crippen molar-refractivity contribution in [2.24, 2.45) is 0 Å². The van der Waals surface area contributed by atoms with E-state index in [4.69, 9.17) is 4.74 Å². The fourth-order valence-electron chi connectivity index (χ4n) is 1.66. The quantitative estimate of drug-likeness (QED) is 0.669. The van der Waals surface area contributed by atoms with Crippen LogP contribution in [0.5, 0.6) is 0 Å². The average molecular weight is 201 g/mol. The van der Waals surface area contributed by atoms with E-state index in [9.17, 15) is 4.79 Å². The SMILES string of the molecule is CCCC(C)(NC(C)C)C(=O)OCC. The summed E-state index contributed by atoms with van der Waals surface area (Å²) in [6.45, 7) is 10.3. The number of ether oxygens (including phenoxy) is 1. The first-order chi connectivity index (χ1) is 6.46. The Hall–Kier alpha value is -0.570. The number of nitrogens with one attached hydrogen (secondary N) is 1. The molecular weight excluding hydrogens is 178 g/mol. The van der Waals surface area contributed by atoms with Crippen molar-refractivity contribution in [3.8, 4) is 0 Å². The standard InChI is InChI=1S/C11H23NO2/c1-6-8-11(5,12-9(3)4)10(13)14-7-2/h9,12H,6-8H2,1-5H3. The lowest BCUT2D eigenvalue weighted by Gasteiger charge is -2.30. The van der Waals surface area contributed by atoms with Gasteiger partial charge in [0.1, 0.15) is 5.54 Å². The Morgan fingerprint density at radius 2 is 2.00 bits per heavy atom. The largest absolute Gasteiger partial charge is 0.465 e. The number of rotatable bonds is 6. The van der Waals surface area contributed by atoms with Gasteiger partial charge in [0.05, 0.1) is 6.61 Å². The van der Waals surface area contributed by atoms with Crippen molar-refractivity contribution in [2.45, 2.75) is 59.0 Å². The molecule has 0 radical (unpaired) electrons. The highest BCUT2D eigenvalue weighted by Gasteiger charge is 2.33. The van der Waals surface area contributed by atoms with Gasteiger partial charge in [0.25, 0.3) is 0 Å². The van der Waals surface area contributed by atoms with Crippen LogP contribution < -0.4 is 5.32 Å². The van der Waals surface area contributed by atoms with Crippen LogP contribution in [0.2, 0.25) is 0 Å². The summed E-state index contributed by atoms with van der Waals surface area (Å²) in [7, 11) is 0. The van der Waals surface area contributed by atoms with Crippen molar-refractivity contribution in [1.29, 1.82) is 0 Å². The van der Waals surface area contributed by atoms with Gasteiger partial charge in [0.2, 0.25) is 0 Å². The molecule has 1 N–H and O–H groups in total. The molecule has 0 aliphatic carbocycles. The predicted octanol–water partition coefficient (Wildman–Crippen LogP) is 2.11. The van der Waals surface area contributed by atoms with Crippen LogP contribution >= 0.6 is 0 Å². The Morgan fingerprint density at radius 1 is 1.43 bits per heavy atom. The second-order valence-corrected chi connectivity index (χ2v) is 4.10. The zero-order chi connectivity index (χ0) is 11.2. The van der Waals surface area contributed by atoms with Crippen LogP contribution in [0.15, 0.2) is 0 Å². The van der Waals surface area contributed by atoms with Gasteiger partial charge in [-0.1, -0.05) is 13.3 Å². The van der Waals surface area contributed by atoms with Crippen LogP contribution in [0.3, 0.4) is 0 Å². The Labute approximate surface area is 87.2 Å². The smallest absolute Gasteiger partial charge is 0.326 e. The van der Waals surface area contributed by atoms with Crippen molar-refractivity contribution < 1.29 is 9.53 Å². The lowest BCUT2D eigenvalue weighted by Crippen LogP contribution is -2.53. The molecule has 84 valence electrons. The Morgan fingerprint density at radius 3 is 2.36 bits per heavy atom. The number of hydrogen-bond donors (Lipinski definition) is 1. The third kappa shape index (κ3) is 4.09. The number of carbonyl (C=O) groups is 1. The Balaban J connectivity index is 4.43. The van der Waals surface area contributed by atoms with Gasteiger partial charge in [0.15, 0.2) is 0 Å².